The highest BCUT2D eigenvalue weighted by Gasteiger charge is 2.53. The minimum absolute atomic E-state index is 0.155. The molecule has 154 valence electrons. The van der Waals surface area contributed by atoms with Crippen LogP contribution in [0.2, 0.25) is 5.02 Å². The number of ether oxygens (including phenoxy) is 1. The molecule has 0 aromatic heterocycles. The van der Waals surface area contributed by atoms with Crippen molar-refractivity contribution in [2.45, 2.75) is 43.5 Å². The second-order valence-corrected chi connectivity index (χ2v) is 7.42. The quantitative estimate of drug-likeness (QED) is 0.472. The standard InChI is InChI=1S/C22H23ClO6/c1-2-3-13-4-6-14(7-5-13)10-15-11-16(8-9-17(15)23)22(28)21(27)20(26)19(25)18(12-24)29-22/h4-9,11,18-21,24-28H,10,12H2,1H3/t18-,19-,20+,21-,22-/m1/s1. The zero-order chi connectivity index (χ0) is 21.2. The number of aliphatic hydroxyl groups excluding tert-OH is 4. The van der Waals surface area contributed by atoms with Crippen molar-refractivity contribution in [3.8, 4) is 11.8 Å². The SMILES string of the molecule is CC#Cc1ccc(Cc2cc([C@@]3(O)O[C@H](CO)[C@@H](O)[C@H](O)[C@H]3O)ccc2Cl)cc1. The average Bonchev–Trinajstić information content (AvgIpc) is 2.72. The summed E-state index contributed by atoms with van der Waals surface area (Å²) in [6.45, 7) is 1.13. The molecule has 3 rings (SSSR count). The maximum Gasteiger partial charge on any atom is 0.222 e. The van der Waals surface area contributed by atoms with Crippen LogP contribution in [-0.2, 0) is 16.9 Å². The molecule has 7 heteroatoms. The van der Waals surface area contributed by atoms with E-state index in [4.69, 9.17) is 16.3 Å². The number of rotatable bonds is 4. The summed E-state index contributed by atoms with van der Waals surface area (Å²) >= 11 is 6.32. The first-order valence-electron chi connectivity index (χ1n) is 9.16. The molecule has 0 unspecified atom stereocenters. The van der Waals surface area contributed by atoms with E-state index in [0.29, 0.717) is 17.0 Å². The summed E-state index contributed by atoms with van der Waals surface area (Å²) in [7, 11) is 0. The Bertz CT molecular complexity index is 917. The van der Waals surface area contributed by atoms with Gasteiger partial charge in [-0.25, -0.2) is 0 Å². The van der Waals surface area contributed by atoms with Gasteiger partial charge in [0, 0.05) is 16.1 Å². The van der Waals surface area contributed by atoms with Gasteiger partial charge < -0.3 is 30.3 Å². The monoisotopic (exact) mass is 418 g/mol. The van der Waals surface area contributed by atoms with Gasteiger partial charge in [-0.05, 0) is 48.7 Å². The molecule has 0 saturated carbocycles. The van der Waals surface area contributed by atoms with Gasteiger partial charge in [-0.15, -0.1) is 5.92 Å². The summed E-state index contributed by atoms with van der Waals surface area (Å²) in [5.74, 6) is 3.49. The summed E-state index contributed by atoms with van der Waals surface area (Å²) in [6, 6.07) is 12.2. The van der Waals surface area contributed by atoms with Gasteiger partial charge in [0.2, 0.25) is 5.79 Å². The van der Waals surface area contributed by atoms with Crippen LogP contribution in [0.25, 0.3) is 0 Å². The van der Waals surface area contributed by atoms with E-state index in [1.807, 2.05) is 24.3 Å². The van der Waals surface area contributed by atoms with E-state index < -0.39 is 36.8 Å². The molecule has 1 saturated heterocycles. The van der Waals surface area contributed by atoms with Crippen LogP contribution in [0.5, 0.6) is 0 Å². The summed E-state index contributed by atoms with van der Waals surface area (Å²) in [5, 5.41) is 51.1. The van der Waals surface area contributed by atoms with E-state index in [1.54, 1.807) is 19.1 Å². The van der Waals surface area contributed by atoms with Gasteiger partial charge in [0.1, 0.15) is 24.4 Å². The Morgan fingerprint density at radius 2 is 1.76 bits per heavy atom. The molecule has 2 aromatic carbocycles. The van der Waals surface area contributed by atoms with E-state index in [0.717, 1.165) is 11.1 Å². The number of halogens is 1. The summed E-state index contributed by atoms with van der Waals surface area (Å²) in [5.41, 5.74) is 2.68. The van der Waals surface area contributed by atoms with Crippen LogP contribution in [0.1, 0.15) is 29.2 Å². The maximum atomic E-state index is 11.0. The van der Waals surface area contributed by atoms with Gasteiger partial charge in [-0.2, -0.15) is 0 Å². The van der Waals surface area contributed by atoms with Crippen molar-refractivity contribution in [2.75, 3.05) is 6.61 Å². The third-order valence-corrected chi connectivity index (χ3v) is 5.41. The molecule has 0 aliphatic carbocycles. The second-order valence-electron chi connectivity index (χ2n) is 7.02. The molecule has 1 aliphatic rings. The zero-order valence-corrected chi connectivity index (χ0v) is 16.5. The van der Waals surface area contributed by atoms with Crippen molar-refractivity contribution in [3.05, 3.63) is 69.7 Å². The van der Waals surface area contributed by atoms with Gasteiger partial charge in [0.05, 0.1) is 6.61 Å². The van der Waals surface area contributed by atoms with Gasteiger partial charge in [0.15, 0.2) is 0 Å². The summed E-state index contributed by atoms with van der Waals surface area (Å²) < 4.78 is 5.38. The average molecular weight is 419 g/mol. The first-order valence-corrected chi connectivity index (χ1v) is 9.53. The van der Waals surface area contributed by atoms with Crippen LogP contribution in [-0.4, -0.2) is 56.6 Å². The predicted molar refractivity (Wildman–Crippen MR) is 107 cm³/mol. The Hall–Kier alpha value is -1.95. The molecular formula is C22H23ClO6. The number of hydrogen-bond acceptors (Lipinski definition) is 6. The van der Waals surface area contributed by atoms with Crippen LogP contribution in [0, 0.1) is 11.8 Å². The van der Waals surface area contributed by atoms with Crippen LogP contribution in [0.15, 0.2) is 42.5 Å². The van der Waals surface area contributed by atoms with Crippen molar-refractivity contribution in [1.82, 2.24) is 0 Å². The normalized spacial score (nSPS) is 29.2. The molecular weight excluding hydrogens is 396 g/mol. The molecule has 0 amide bonds. The summed E-state index contributed by atoms with van der Waals surface area (Å²) in [6.07, 6.45) is -5.86. The highest BCUT2D eigenvalue weighted by Crippen LogP contribution is 2.37. The Balaban J connectivity index is 1.92. The minimum Gasteiger partial charge on any atom is -0.394 e. The van der Waals surface area contributed by atoms with E-state index in [2.05, 4.69) is 11.8 Å². The molecule has 29 heavy (non-hydrogen) atoms. The maximum absolute atomic E-state index is 11.0. The lowest BCUT2D eigenvalue weighted by Gasteiger charge is -2.45. The first-order chi connectivity index (χ1) is 13.8. The van der Waals surface area contributed by atoms with Crippen molar-refractivity contribution in [3.63, 3.8) is 0 Å². The fourth-order valence-corrected chi connectivity index (χ4v) is 3.58. The van der Waals surface area contributed by atoms with Crippen molar-refractivity contribution in [1.29, 1.82) is 0 Å². The molecule has 5 atom stereocenters. The third-order valence-electron chi connectivity index (χ3n) is 5.04. The Morgan fingerprint density at radius 1 is 1.07 bits per heavy atom. The Kier molecular flexibility index (Phi) is 6.62. The van der Waals surface area contributed by atoms with E-state index in [9.17, 15) is 25.5 Å². The predicted octanol–water partition coefficient (Wildman–Crippen LogP) is 0.921. The Morgan fingerprint density at radius 3 is 2.38 bits per heavy atom. The van der Waals surface area contributed by atoms with E-state index in [1.165, 1.54) is 6.07 Å². The molecule has 6 nitrogen and oxygen atoms in total. The van der Waals surface area contributed by atoms with Crippen molar-refractivity contribution < 1.29 is 30.3 Å². The highest BCUT2D eigenvalue weighted by molar-refractivity contribution is 6.31. The van der Waals surface area contributed by atoms with Gasteiger partial charge >= 0.3 is 0 Å². The molecule has 0 spiro atoms. The second kappa shape index (κ2) is 8.82. The van der Waals surface area contributed by atoms with Crippen molar-refractivity contribution >= 4 is 11.6 Å². The first kappa shape index (κ1) is 21.8. The zero-order valence-electron chi connectivity index (χ0n) is 15.8. The number of hydrogen-bond donors (Lipinski definition) is 5. The topological polar surface area (TPSA) is 110 Å². The molecule has 5 N–H and O–H groups in total. The lowest BCUT2D eigenvalue weighted by Crippen LogP contribution is -2.63. The van der Waals surface area contributed by atoms with Crippen molar-refractivity contribution in [2.24, 2.45) is 0 Å². The van der Waals surface area contributed by atoms with Crippen LogP contribution in [0.3, 0.4) is 0 Å². The van der Waals surface area contributed by atoms with Gasteiger partial charge in [-0.3, -0.25) is 0 Å². The van der Waals surface area contributed by atoms with Gasteiger partial charge in [-0.1, -0.05) is 35.7 Å². The lowest BCUT2D eigenvalue weighted by molar-refractivity contribution is -0.357. The molecule has 1 heterocycles. The molecule has 1 fully saturated rings. The lowest BCUT2D eigenvalue weighted by atomic mass is 9.87. The molecule has 1 aliphatic heterocycles. The van der Waals surface area contributed by atoms with Crippen LogP contribution >= 0.6 is 11.6 Å². The third kappa shape index (κ3) is 4.32. The molecule has 0 radical (unpaired) electrons. The number of benzene rings is 2. The highest BCUT2D eigenvalue weighted by atomic mass is 35.5. The smallest absolute Gasteiger partial charge is 0.222 e. The van der Waals surface area contributed by atoms with E-state index >= 15 is 0 Å². The minimum atomic E-state index is -2.31. The molecule has 2 aromatic rings. The largest absolute Gasteiger partial charge is 0.394 e. The van der Waals surface area contributed by atoms with Gasteiger partial charge in [0.25, 0.3) is 0 Å². The van der Waals surface area contributed by atoms with Crippen LogP contribution in [0.4, 0.5) is 0 Å². The van der Waals surface area contributed by atoms with Crippen LogP contribution < -0.4 is 0 Å². The fourth-order valence-electron chi connectivity index (χ4n) is 3.40. The van der Waals surface area contributed by atoms with E-state index in [-0.39, 0.29) is 5.56 Å². The fraction of sp³-hybridized carbons (Fsp3) is 0.364. The molecule has 0 bridgehead atoms. The number of aliphatic hydroxyl groups is 5. The Labute approximate surface area is 174 Å². The summed E-state index contributed by atoms with van der Waals surface area (Å²) in [4.78, 5) is 0.